The molecule has 1 aliphatic rings. The SMILES string of the molecule is CC[C@H]1C/C(=C\CO[Si](c2ccccc2)(c2ccccc2)C(C)(C)C)[C@@H](CCc2ccccc2)CO1. The molecule has 1 fully saturated rings. The Kier molecular flexibility index (Phi) is 9.00. The molecule has 1 aliphatic heterocycles. The summed E-state index contributed by atoms with van der Waals surface area (Å²) in [6.07, 6.45) is 6.99. The van der Waals surface area contributed by atoms with Gasteiger partial charge in [0.2, 0.25) is 0 Å². The number of ether oxygens (including phenoxy) is 1. The summed E-state index contributed by atoms with van der Waals surface area (Å²) in [7, 11) is -2.53. The molecule has 0 amide bonds. The normalized spacial score (nSPS) is 19.9. The van der Waals surface area contributed by atoms with Crippen LogP contribution in [0, 0.1) is 5.92 Å². The van der Waals surface area contributed by atoms with Crippen molar-refractivity contribution in [1.29, 1.82) is 0 Å². The summed E-state index contributed by atoms with van der Waals surface area (Å²) in [6, 6.07) is 32.7. The van der Waals surface area contributed by atoms with Crippen molar-refractivity contribution in [2.45, 2.75) is 64.5 Å². The zero-order chi connectivity index (χ0) is 25.4. The summed E-state index contributed by atoms with van der Waals surface area (Å²) in [5.74, 6) is 0.454. The number of hydrogen-bond acceptors (Lipinski definition) is 2. The molecule has 0 aliphatic carbocycles. The van der Waals surface area contributed by atoms with Crippen LogP contribution in [-0.4, -0.2) is 27.6 Å². The monoisotopic (exact) mass is 498 g/mol. The van der Waals surface area contributed by atoms with Gasteiger partial charge in [-0.15, -0.1) is 0 Å². The van der Waals surface area contributed by atoms with E-state index in [-0.39, 0.29) is 5.04 Å². The van der Waals surface area contributed by atoms with E-state index in [1.807, 2.05) is 0 Å². The van der Waals surface area contributed by atoms with Crippen molar-refractivity contribution in [2.75, 3.05) is 13.2 Å². The molecule has 0 aromatic heterocycles. The summed E-state index contributed by atoms with van der Waals surface area (Å²) in [5.41, 5.74) is 2.92. The van der Waals surface area contributed by atoms with Gasteiger partial charge in [-0.05, 0) is 46.7 Å². The summed E-state index contributed by atoms with van der Waals surface area (Å²) in [6.45, 7) is 10.7. The van der Waals surface area contributed by atoms with Crippen LogP contribution in [0.2, 0.25) is 5.04 Å². The third-order valence-corrected chi connectivity index (χ3v) is 12.7. The molecule has 3 heteroatoms. The summed E-state index contributed by atoms with van der Waals surface area (Å²) in [5, 5.41) is 2.66. The van der Waals surface area contributed by atoms with Crippen molar-refractivity contribution >= 4 is 18.7 Å². The minimum Gasteiger partial charge on any atom is -0.404 e. The quantitative estimate of drug-likeness (QED) is 0.235. The minimum atomic E-state index is -2.53. The number of rotatable bonds is 9. The van der Waals surface area contributed by atoms with Crippen molar-refractivity contribution in [3.05, 3.63) is 108 Å². The highest BCUT2D eigenvalue weighted by Crippen LogP contribution is 2.37. The zero-order valence-corrected chi connectivity index (χ0v) is 23.5. The van der Waals surface area contributed by atoms with Gasteiger partial charge in [0.1, 0.15) is 0 Å². The fraction of sp³-hybridized carbons (Fsp3) is 0.394. The topological polar surface area (TPSA) is 18.5 Å². The summed E-state index contributed by atoms with van der Waals surface area (Å²) < 4.78 is 13.4. The van der Waals surface area contributed by atoms with Gasteiger partial charge in [0.05, 0.1) is 19.3 Å². The largest absolute Gasteiger partial charge is 0.404 e. The van der Waals surface area contributed by atoms with Crippen molar-refractivity contribution in [1.82, 2.24) is 0 Å². The van der Waals surface area contributed by atoms with Crippen LogP contribution >= 0.6 is 0 Å². The fourth-order valence-corrected chi connectivity index (χ4v) is 10.1. The Balaban J connectivity index is 1.61. The van der Waals surface area contributed by atoms with Crippen molar-refractivity contribution < 1.29 is 9.16 Å². The molecule has 0 bridgehead atoms. The second kappa shape index (κ2) is 12.2. The van der Waals surface area contributed by atoms with Gasteiger partial charge >= 0.3 is 0 Å². The Morgan fingerprint density at radius 2 is 1.42 bits per heavy atom. The number of hydrogen-bond donors (Lipinski definition) is 0. The molecule has 0 N–H and O–H groups in total. The van der Waals surface area contributed by atoms with Gasteiger partial charge in [-0.3, -0.25) is 0 Å². The molecule has 1 saturated heterocycles. The molecule has 0 saturated carbocycles. The fourth-order valence-electron chi connectivity index (χ4n) is 5.65. The summed E-state index contributed by atoms with van der Waals surface area (Å²) in [4.78, 5) is 0. The predicted molar refractivity (Wildman–Crippen MR) is 155 cm³/mol. The van der Waals surface area contributed by atoms with Crippen LogP contribution in [0.25, 0.3) is 0 Å². The van der Waals surface area contributed by atoms with E-state index in [9.17, 15) is 0 Å². The highest BCUT2D eigenvalue weighted by molar-refractivity contribution is 6.99. The van der Waals surface area contributed by atoms with E-state index in [2.05, 4.69) is 125 Å². The van der Waals surface area contributed by atoms with Crippen LogP contribution in [-0.2, 0) is 15.6 Å². The van der Waals surface area contributed by atoms with E-state index in [0.29, 0.717) is 18.6 Å². The van der Waals surface area contributed by atoms with Gasteiger partial charge in [0, 0.05) is 5.92 Å². The van der Waals surface area contributed by atoms with E-state index in [1.54, 1.807) is 0 Å². The number of benzene rings is 3. The Morgan fingerprint density at radius 1 is 0.861 bits per heavy atom. The molecule has 190 valence electrons. The predicted octanol–water partition coefficient (Wildman–Crippen LogP) is 6.94. The lowest BCUT2D eigenvalue weighted by atomic mass is 9.86. The molecule has 2 nitrogen and oxygen atoms in total. The van der Waals surface area contributed by atoms with E-state index in [4.69, 9.17) is 9.16 Å². The molecule has 1 heterocycles. The molecule has 36 heavy (non-hydrogen) atoms. The highest BCUT2D eigenvalue weighted by atomic mass is 28.4. The first-order chi connectivity index (χ1) is 17.4. The molecule has 0 spiro atoms. The molecule has 3 aromatic carbocycles. The van der Waals surface area contributed by atoms with Crippen LogP contribution < -0.4 is 10.4 Å². The van der Waals surface area contributed by atoms with Crippen molar-refractivity contribution in [2.24, 2.45) is 5.92 Å². The Bertz CT molecular complexity index is 1050. The van der Waals surface area contributed by atoms with Crippen LogP contribution in [0.1, 0.15) is 52.5 Å². The average molecular weight is 499 g/mol. The molecule has 2 atom stereocenters. The average Bonchev–Trinajstić information content (AvgIpc) is 2.91. The Hall–Kier alpha value is -2.46. The van der Waals surface area contributed by atoms with E-state index in [0.717, 1.165) is 32.3 Å². The lowest BCUT2D eigenvalue weighted by Crippen LogP contribution is -2.66. The first-order valence-corrected chi connectivity index (χ1v) is 15.4. The molecule has 3 aromatic rings. The van der Waals surface area contributed by atoms with Gasteiger partial charge < -0.3 is 9.16 Å². The standard InChI is InChI=1S/C33H42O2Si/c1-5-30-25-28(29(26-34-30)22-21-27-15-9-6-10-16-27)23-24-35-36(33(2,3)4,31-17-11-7-12-18-31)32-19-13-8-14-20-32/h6-20,23,29-30H,5,21-22,24-26H2,1-4H3/b28-23+/t29-,30-/m0/s1. The second-order valence-electron chi connectivity index (χ2n) is 11.0. The van der Waals surface area contributed by atoms with E-state index in [1.165, 1.54) is 21.5 Å². The van der Waals surface area contributed by atoms with Gasteiger partial charge in [-0.2, -0.15) is 0 Å². The molecule has 4 rings (SSSR count). The smallest absolute Gasteiger partial charge is 0.261 e. The van der Waals surface area contributed by atoms with E-state index >= 15 is 0 Å². The molecule has 0 unspecified atom stereocenters. The Morgan fingerprint density at radius 3 is 1.94 bits per heavy atom. The van der Waals surface area contributed by atoms with Crippen LogP contribution in [0.15, 0.2) is 103 Å². The van der Waals surface area contributed by atoms with Crippen molar-refractivity contribution in [3.8, 4) is 0 Å². The maximum Gasteiger partial charge on any atom is 0.261 e. The van der Waals surface area contributed by atoms with Crippen LogP contribution in [0.4, 0.5) is 0 Å². The highest BCUT2D eigenvalue weighted by Gasteiger charge is 2.50. The van der Waals surface area contributed by atoms with Gasteiger partial charge in [-0.25, -0.2) is 0 Å². The maximum atomic E-state index is 7.17. The zero-order valence-electron chi connectivity index (χ0n) is 22.5. The second-order valence-corrected chi connectivity index (χ2v) is 15.3. The third-order valence-electron chi connectivity index (χ3n) is 7.66. The lowest BCUT2D eigenvalue weighted by Gasteiger charge is -2.43. The maximum absolute atomic E-state index is 7.17. The van der Waals surface area contributed by atoms with E-state index < -0.39 is 8.32 Å². The van der Waals surface area contributed by atoms with Crippen LogP contribution in [0.3, 0.4) is 0 Å². The van der Waals surface area contributed by atoms with Gasteiger partial charge in [0.25, 0.3) is 8.32 Å². The third kappa shape index (κ3) is 6.08. The lowest BCUT2D eigenvalue weighted by molar-refractivity contribution is 0.00616. The first-order valence-electron chi connectivity index (χ1n) is 13.5. The minimum absolute atomic E-state index is 0.0114. The summed E-state index contributed by atoms with van der Waals surface area (Å²) >= 11 is 0. The van der Waals surface area contributed by atoms with Crippen molar-refractivity contribution in [3.63, 3.8) is 0 Å². The van der Waals surface area contributed by atoms with Crippen LogP contribution in [0.5, 0.6) is 0 Å². The number of aryl methyl sites for hydroxylation is 1. The first kappa shape index (κ1) is 26.6. The molecule has 0 radical (unpaired) electrons. The molecular formula is C33H42O2Si. The van der Waals surface area contributed by atoms with Gasteiger partial charge in [0.15, 0.2) is 0 Å². The molecular weight excluding hydrogens is 456 g/mol. The Labute approximate surface area is 219 Å². The van der Waals surface area contributed by atoms with Gasteiger partial charge in [-0.1, -0.05) is 130 Å².